The highest BCUT2D eigenvalue weighted by atomic mass is 16.6. The fourth-order valence-electron chi connectivity index (χ4n) is 2.19. The zero-order chi connectivity index (χ0) is 14.5. The Kier molecular flexibility index (Phi) is 4.52. The van der Waals surface area contributed by atoms with Gasteiger partial charge in [0.1, 0.15) is 0 Å². The molecular formula is C13H17N3O4. The fourth-order valence-corrected chi connectivity index (χ4v) is 2.19. The Morgan fingerprint density at radius 3 is 2.75 bits per heavy atom. The number of nitrogens with one attached hydrogen (secondary N) is 1. The second-order valence-corrected chi connectivity index (χ2v) is 4.66. The van der Waals surface area contributed by atoms with Crippen LogP contribution in [0.3, 0.4) is 0 Å². The van der Waals surface area contributed by atoms with Crippen molar-refractivity contribution in [2.24, 2.45) is 0 Å². The number of hydrogen-bond acceptors (Lipinski definition) is 4. The van der Waals surface area contributed by atoms with Crippen LogP contribution >= 0.6 is 0 Å². The van der Waals surface area contributed by atoms with E-state index in [1.54, 1.807) is 24.1 Å². The number of nitro groups is 1. The number of ether oxygens (including phenoxy) is 1. The molecule has 7 nitrogen and oxygen atoms in total. The number of anilines is 1. The molecule has 1 aliphatic heterocycles. The van der Waals surface area contributed by atoms with Crippen LogP contribution in [0.15, 0.2) is 24.3 Å². The molecule has 20 heavy (non-hydrogen) atoms. The van der Waals surface area contributed by atoms with Gasteiger partial charge in [0.05, 0.1) is 11.0 Å². The molecule has 1 aromatic carbocycles. The molecule has 0 spiro atoms. The molecule has 2 amide bonds. The maximum absolute atomic E-state index is 12.0. The number of nitro benzene ring substituents is 1. The molecule has 0 aromatic heterocycles. The molecule has 0 unspecified atom stereocenters. The fraction of sp³-hybridized carbons (Fsp3) is 0.462. The summed E-state index contributed by atoms with van der Waals surface area (Å²) in [4.78, 5) is 23.9. The first-order chi connectivity index (χ1) is 9.60. The van der Waals surface area contributed by atoms with Gasteiger partial charge in [-0.2, -0.15) is 0 Å². The number of carbonyl (C=O) groups excluding carboxylic acids is 1. The predicted molar refractivity (Wildman–Crippen MR) is 73.7 cm³/mol. The zero-order valence-electron chi connectivity index (χ0n) is 11.2. The van der Waals surface area contributed by atoms with Gasteiger partial charge in [-0.3, -0.25) is 10.1 Å². The first-order valence-corrected chi connectivity index (χ1v) is 6.43. The number of urea groups is 1. The summed E-state index contributed by atoms with van der Waals surface area (Å²) in [6, 6.07) is 5.68. The Morgan fingerprint density at radius 2 is 2.15 bits per heavy atom. The lowest BCUT2D eigenvalue weighted by atomic mass is 10.1. The van der Waals surface area contributed by atoms with Crippen molar-refractivity contribution < 1.29 is 14.5 Å². The number of piperidine rings is 1. The highest BCUT2D eigenvalue weighted by molar-refractivity contribution is 5.89. The third-order valence-electron chi connectivity index (χ3n) is 3.37. The molecule has 108 valence electrons. The molecule has 7 heteroatoms. The Balaban J connectivity index is 1.95. The van der Waals surface area contributed by atoms with Gasteiger partial charge in [0.25, 0.3) is 5.69 Å². The molecule has 0 saturated carbocycles. The number of amides is 2. The van der Waals surface area contributed by atoms with Crippen LogP contribution in [-0.2, 0) is 4.74 Å². The summed E-state index contributed by atoms with van der Waals surface area (Å²) < 4.78 is 5.25. The largest absolute Gasteiger partial charge is 0.381 e. The van der Waals surface area contributed by atoms with Crippen LogP contribution in [0.4, 0.5) is 16.2 Å². The van der Waals surface area contributed by atoms with Crippen molar-refractivity contribution in [3.63, 3.8) is 0 Å². The van der Waals surface area contributed by atoms with Gasteiger partial charge < -0.3 is 15.0 Å². The van der Waals surface area contributed by atoms with E-state index in [2.05, 4.69) is 5.32 Å². The van der Waals surface area contributed by atoms with Crippen LogP contribution in [0, 0.1) is 10.1 Å². The number of benzene rings is 1. The predicted octanol–water partition coefficient (Wildman–Crippen LogP) is 2.24. The van der Waals surface area contributed by atoms with Gasteiger partial charge in [-0.25, -0.2) is 4.79 Å². The summed E-state index contributed by atoms with van der Waals surface area (Å²) in [6.07, 6.45) is 1.81. The van der Waals surface area contributed by atoms with Crippen LogP contribution in [0.1, 0.15) is 12.8 Å². The van der Waals surface area contributed by atoms with Crippen LogP contribution in [0.5, 0.6) is 0 Å². The molecular weight excluding hydrogens is 262 g/mol. The van der Waals surface area contributed by atoms with Crippen molar-refractivity contribution in [3.8, 4) is 0 Å². The third kappa shape index (κ3) is 3.45. The van der Waals surface area contributed by atoms with Gasteiger partial charge in [-0.15, -0.1) is 0 Å². The first-order valence-electron chi connectivity index (χ1n) is 6.43. The lowest BCUT2D eigenvalue weighted by Crippen LogP contribution is -2.42. The van der Waals surface area contributed by atoms with Crippen LogP contribution in [0.2, 0.25) is 0 Å². The second kappa shape index (κ2) is 6.33. The quantitative estimate of drug-likeness (QED) is 0.679. The van der Waals surface area contributed by atoms with Crippen LogP contribution in [-0.4, -0.2) is 42.2 Å². The topological polar surface area (TPSA) is 84.7 Å². The maximum atomic E-state index is 12.0. The van der Waals surface area contributed by atoms with E-state index >= 15 is 0 Å². The minimum Gasteiger partial charge on any atom is -0.381 e. The van der Waals surface area contributed by atoms with Gasteiger partial charge in [0.15, 0.2) is 0 Å². The number of nitrogens with zero attached hydrogens (tertiary/aromatic N) is 2. The second-order valence-electron chi connectivity index (χ2n) is 4.66. The molecule has 0 bridgehead atoms. The molecule has 1 fully saturated rings. The van der Waals surface area contributed by atoms with Gasteiger partial charge in [0, 0.05) is 38.0 Å². The van der Waals surface area contributed by atoms with E-state index in [-0.39, 0.29) is 17.8 Å². The number of rotatable bonds is 3. The van der Waals surface area contributed by atoms with Gasteiger partial charge in [0.2, 0.25) is 0 Å². The van der Waals surface area contributed by atoms with E-state index in [0.717, 1.165) is 12.8 Å². The average molecular weight is 279 g/mol. The van der Waals surface area contributed by atoms with E-state index in [0.29, 0.717) is 18.8 Å². The Bertz CT molecular complexity index is 498. The van der Waals surface area contributed by atoms with Crippen molar-refractivity contribution >= 4 is 17.4 Å². The number of non-ortho nitro benzene ring substituents is 1. The number of hydrogen-bond donors (Lipinski definition) is 1. The lowest BCUT2D eigenvalue weighted by molar-refractivity contribution is -0.384. The maximum Gasteiger partial charge on any atom is 0.321 e. The molecule has 0 radical (unpaired) electrons. The highest BCUT2D eigenvalue weighted by Gasteiger charge is 2.22. The highest BCUT2D eigenvalue weighted by Crippen LogP contribution is 2.19. The Morgan fingerprint density at radius 1 is 1.45 bits per heavy atom. The average Bonchev–Trinajstić information content (AvgIpc) is 2.47. The summed E-state index contributed by atoms with van der Waals surface area (Å²) in [7, 11) is 1.67. The van der Waals surface area contributed by atoms with E-state index in [9.17, 15) is 14.9 Å². The summed E-state index contributed by atoms with van der Waals surface area (Å²) >= 11 is 0. The zero-order valence-corrected chi connectivity index (χ0v) is 11.2. The Hall–Kier alpha value is -2.15. The molecule has 0 aliphatic carbocycles. The SMILES string of the molecule is COC1CCN(C(=O)Nc2cccc([N+](=O)[O-])c2)CC1. The molecule has 2 rings (SSSR count). The standard InChI is InChI=1S/C13H17N3O4/c1-20-12-5-7-15(8-6-12)13(17)14-10-3-2-4-11(9-10)16(18)19/h2-4,9,12H,5-8H2,1H3,(H,14,17). The lowest BCUT2D eigenvalue weighted by Gasteiger charge is -2.31. The van der Waals surface area contributed by atoms with Crippen LogP contribution in [0.25, 0.3) is 0 Å². The number of carbonyl (C=O) groups is 1. The van der Waals surface area contributed by atoms with E-state index in [1.165, 1.54) is 12.1 Å². The van der Waals surface area contributed by atoms with E-state index < -0.39 is 4.92 Å². The molecule has 1 N–H and O–H groups in total. The summed E-state index contributed by atoms with van der Waals surface area (Å²) in [5, 5.41) is 13.4. The normalized spacial score (nSPS) is 15.9. The van der Waals surface area contributed by atoms with Gasteiger partial charge in [-0.05, 0) is 18.9 Å². The smallest absolute Gasteiger partial charge is 0.321 e. The number of methoxy groups -OCH3 is 1. The monoisotopic (exact) mass is 279 g/mol. The van der Waals surface area contributed by atoms with Gasteiger partial charge in [-0.1, -0.05) is 6.07 Å². The van der Waals surface area contributed by atoms with E-state index in [4.69, 9.17) is 4.74 Å². The number of likely N-dealkylation sites (tertiary alicyclic amines) is 1. The molecule has 0 atom stereocenters. The first kappa shape index (κ1) is 14.3. The van der Waals surface area contributed by atoms with Crippen molar-refractivity contribution in [2.45, 2.75) is 18.9 Å². The molecule has 1 aromatic rings. The molecule has 1 aliphatic rings. The van der Waals surface area contributed by atoms with Crippen molar-refractivity contribution in [1.82, 2.24) is 4.90 Å². The minimum absolute atomic E-state index is 0.0408. The van der Waals surface area contributed by atoms with Crippen molar-refractivity contribution in [1.29, 1.82) is 0 Å². The molecule has 1 saturated heterocycles. The van der Waals surface area contributed by atoms with E-state index in [1.807, 2.05) is 0 Å². The van der Waals surface area contributed by atoms with Gasteiger partial charge >= 0.3 is 6.03 Å². The third-order valence-corrected chi connectivity index (χ3v) is 3.37. The summed E-state index contributed by atoms with van der Waals surface area (Å²) in [6.45, 7) is 1.25. The van der Waals surface area contributed by atoms with Crippen molar-refractivity contribution in [2.75, 3.05) is 25.5 Å². The minimum atomic E-state index is -0.486. The Labute approximate surface area is 116 Å². The van der Waals surface area contributed by atoms with Crippen LogP contribution < -0.4 is 5.32 Å². The van der Waals surface area contributed by atoms with Crippen molar-refractivity contribution in [3.05, 3.63) is 34.4 Å². The summed E-state index contributed by atoms with van der Waals surface area (Å²) in [5.74, 6) is 0. The molecule has 1 heterocycles. The summed E-state index contributed by atoms with van der Waals surface area (Å²) in [5.41, 5.74) is 0.388.